The van der Waals surface area contributed by atoms with Crippen LogP contribution in [0.2, 0.25) is 0 Å². The van der Waals surface area contributed by atoms with Crippen LogP contribution in [-0.4, -0.2) is 19.5 Å². The lowest BCUT2D eigenvalue weighted by molar-refractivity contribution is -0.137. The second kappa shape index (κ2) is 11.6. The van der Waals surface area contributed by atoms with E-state index in [4.69, 9.17) is 15.0 Å². The van der Waals surface area contributed by atoms with Crippen LogP contribution in [0.25, 0.3) is 72.8 Å². The van der Waals surface area contributed by atoms with Gasteiger partial charge < -0.3 is 4.57 Å². The normalized spacial score (nSPS) is 11.8. The third kappa shape index (κ3) is 5.10. The fourth-order valence-corrected chi connectivity index (χ4v) is 6.42. The first-order chi connectivity index (χ1) is 23.4. The van der Waals surface area contributed by atoms with Gasteiger partial charge in [0.25, 0.3) is 0 Å². The Morgan fingerprint density at radius 3 is 1.75 bits per heavy atom. The van der Waals surface area contributed by atoms with Gasteiger partial charge in [-0.2, -0.15) is 13.2 Å². The number of hydrogen-bond donors (Lipinski definition) is 0. The van der Waals surface area contributed by atoms with E-state index in [1.807, 2.05) is 97.9 Å². The number of nitrogens with zero attached hydrogens (tertiary/aromatic N) is 4. The van der Waals surface area contributed by atoms with Gasteiger partial charge in [-0.1, -0.05) is 121 Å². The van der Waals surface area contributed by atoms with Crippen LogP contribution in [0.15, 0.2) is 146 Å². The molecule has 0 spiro atoms. The first-order valence-electron chi connectivity index (χ1n) is 15.5. The maximum Gasteiger partial charge on any atom is 0.417 e. The van der Waals surface area contributed by atoms with Gasteiger partial charge >= 0.3 is 6.18 Å². The summed E-state index contributed by atoms with van der Waals surface area (Å²) in [6.45, 7) is 2.05. The number of benzene rings is 6. The predicted molar refractivity (Wildman–Crippen MR) is 186 cm³/mol. The highest BCUT2D eigenvalue weighted by Crippen LogP contribution is 2.44. The molecule has 0 saturated carbocycles. The highest BCUT2D eigenvalue weighted by Gasteiger charge is 2.34. The van der Waals surface area contributed by atoms with Gasteiger partial charge in [0.15, 0.2) is 17.5 Å². The molecule has 0 bridgehead atoms. The molecule has 8 aromatic rings. The maximum atomic E-state index is 14.6. The molecule has 0 N–H and O–H groups in total. The molecule has 4 nitrogen and oxygen atoms in total. The summed E-state index contributed by atoms with van der Waals surface area (Å²) in [5.41, 5.74) is 5.27. The Balaban J connectivity index is 1.53. The van der Waals surface area contributed by atoms with Crippen molar-refractivity contribution in [3.05, 3.63) is 157 Å². The van der Waals surface area contributed by atoms with Crippen molar-refractivity contribution >= 4 is 21.8 Å². The van der Waals surface area contributed by atoms with Crippen LogP contribution in [-0.2, 0) is 6.18 Å². The van der Waals surface area contributed by atoms with E-state index in [0.29, 0.717) is 28.5 Å². The summed E-state index contributed by atoms with van der Waals surface area (Å²) in [6, 6.07) is 44.5. The number of hydrogen-bond acceptors (Lipinski definition) is 3. The van der Waals surface area contributed by atoms with E-state index in [2.05, 4.69) is 22.8 Å². The Kier molecular flexibility index (Phi) is 7.10. The standard InChI is InChI=1S/C41H27F3N4/c1-26-23-24-35-32(25-26)30-18-9-11-21-34(30)48(35)36-22-12-19-31(29-17-8-10-20-33(29)41(42,43)44)37(36)40-46-38(27-13-4-2-5-14-27)45-39(47-40)28-15-6-3-7-16-28/h2-25H,1H3. The van der Waals surface area contributed by atoms with Crippen LogP contribution in [0, 0.1) is 6.92 Å². The molecule has 232 valence electrons. The molecule has 0 atom stereocenters. The minimum atomic E-state index is -4.59. The van der Waals surface area contributed by atoms with Crippen LogP contribution < -0.4 is 0 Å². The lowest BCUT2D eigenvalue weighted by Crippen LogP contribution is -2.09. The molecule has 6 aromatic carbocycles. The predicted octanol–water partition coefficient (Wildman–Crippen LogP) is 11.0. The quantitative estimate of drug-likeness (QED) is 0.190. The fraction of sp³-hybridized carbons (Fsp3) is 0.0488. The van der Waals surface area contributed by atoms with E-state index in [0.717, 1.165) is 44.6 Å². The second-order valence-corrected chi connectivity index (χ2v) is 11.7. The van der Waals surface area contributed by atoms with Crippen LogP contribution in [0.4, 0.5) is 13.2 Å². The highest BCUT2D eigenvalue weighted by atomic mass is 19.4. The van der Waals surface area contributed by atoms with Crippen LogP contribution >= 0.6 is 0 Å². The van der Waals surface area contributed by atoms with Crippen molar-refractivity contribution in [2.45, 2.75) is 13.1 Å². The molecule has 0 aliphatic rings. The zero-order valence-corrected chi connectivity index (χ0v) is 25.8. The zero-order valence-electron chi connectivity index (χ0n) is 25.8. The van der Waals surface area contributed by atoms with E-state index in [1.54, 1.807) is 18.2 Å². The van der Waals surface area contributed by atoms with Gasteiger partial charge in [0.05, 0.1) is 27.8 Å². The number of para-hydroxylation sites is 1. The molecule has 48 heavy (non-hydrogen) atoms. The summed E-state index contributed by atoms with van der Waals surface area (Å²) in [4.78, 5) is 14.9. The summed E-state index contributed by atoms with van der Waals surface area (Å²) in [7, 11) is 0. The van der Waals surface area contributed by atoms with Gasteiger partial charge in [0.1, 0.15) is 0 Å². The Morgan fingerprint density at radius 2 is 1.06 bits per heavy atom. The second-order valence-electron chi connectivity index (χ2n) is 11.7. The van der Waals surface area contributed by atoms with Gasteiger partial charge in [-0.15, -0.1) is 0 Å². The number of rotatable bonds is 5. The fourth-order valence-electron chi connectivity index (χ4n) is 6.42. The van der Waals surface area contributed by atoms with E-state index in [9.17, 15) is 13.2 Å². The molecule has 0 fully saturated rings. The van der Waals surface area contributed by atoms with Crippen molar-refractivity contribution in [3.8, 4) is 51.0 Å². The summed E-state index contributed by atoms with van der Waals surface area (Å²) in [5.74, 6) is 1.10. The van der Waals surface area contributed by atoms with E-state index >= 15 is 0 Å². The van der Waals surface area contributed by atoms with Crippen LogP contribution in [0.3, 0.4) is 0 Å². The zero-order chi connectivity index (χ0) is 32.8. The molecule has 0 aliphatic carbocycles. The summed E-state index contributed by atoms with van der Waals surface area (Å²) in [5, 5.41) is 2.08. The van der Waals surface area contributed by atoms with Gasteiger partial charge in [0.2, 0.25) is 0 Å². The monoisotopic (exact) mass is 632 g/mol. The van der Waals surface area contributed by atoms with Crippen LogP contribution in [0.5, 0.6) is 0 Å². The number of halogens is 3. The lowest BCUT2D eigenvalue weighted by atomic mass is 9.93. The highest BCUT2D eigenvalue weighted by molar-refractivity contribution is 6.10. The smallest absolute Gasteiger partial charge is 0.308 e. The Bertz CT molecular complexity index is 2390. The molecular formula is C41H27F3N4. The SMILES string of the molecule is Cc1ccc2c(c1)c1ccccc1n2-c1cccc(-c2ccccc2C(F)(F)F)c1-c1nc(-c2ccccc2)nc(-c2ccccc2)n1. The Morgan fingerprint density at radius 1 is 0.500 bits per heavy atom. The lowest BCUT2D eigenvalue weighted by Gasteiger charge is -2.20. The number of aromatic nitrogens is 4. The number of fused-ring (bicyclic) bond motifs is 3. The minimum Gasteiger partial charge on any atom is -0.308 e. The van der Waals surface area contributed by atoms with Crippen molar-refractivity contribution in [1.29, 1.82) is 0 Å². The molecular weight excluding hydrogens is 605 g/mol. The van der Waals surface area contributed by atoms with Gasteiger partial charge in [-0.3, -0.25) is 0 Å². The van der Waals surface area contributed by atoms with Crippen molar-refractivity contribution in [2.75, 3.05) is 0 Å². The Labute approximate surface area is 274 Å². The third-order valence-corrected chi connectivity index (χ3v) is 8.56. The molecule has 0 aliphatic heterocycles. The molecule has 0 radical (unpaired) electrons. The minimum absolute atomic E-state index is 0.0430. The average molecular weight is 633 g/mol. The van der Waals surface area contributed by atoms with Crippen molar-refractivity contribution < 1.29 is 13.2 Å². The van der Waals surface area contributed by atoms with Crippen molar-refractivity contribution in [2.24, 2.45) is 0 Å². The average Bonchev–Trinajstić information content (AvgIpc) is 3.45. The maximum absolute atomic E-state index is 14.6. The molecule has 2 aromatic heterocycles. The van der Waals surface area contributed by atoms with E-state index in [-0.39, 0.29) is 11.4 Å². The molecule has 0 saturated heterocycles. The molecule has 0 unspecified atom stereocenters. The van der Waals surface area contributed by atoms with Gasteiger partial charge in [0, 0.05) is 21.9 Å². The molecule has 7 heteroatoms. The summed E-state index contributed by atoms with van der Waals surface area (Å²) >= 11 is 0. The Hall–Kier alpha value is -6.08. The van der Waals surface area contributed by atoms with E-state index in [1.165, 1.54) is 12.1 Å². The third-order valence-electron chi connectivity index (χ3n) is 8.56. The van der Waals surface area contributed by atoms with E-state index < -0.39 is 11.7 Å². The number of alkyl halides is 3. The van der Waals surface area contributed by atoms with Crippen molar-refractivity contribution in [3.63, 3.8) is 0 Å². The largest absolute Gasteiger partial charge is 0.417 e. The first kappa shape index (κ1) is 29.3. The topological polar surface area (TPSA) is 43.6 Å². The van der Waals surface area contributed by atoms with Crippen molar-refractivity contribution in [1.82, 2.24) is 19.5 Å². The molecule has 8 rings (SSSR count). The molecule has 0 amide bonds. The number of aryl methyl sites for hydroxylation is 1. The van der Waals surface area contributed by atoms with Crippen LogP contribution in [0.1, 0.15) is 11.1 Å². The molecule has 2 heterocycles. The first-order valence-corrected chi connectivity index (χ1v) is 15.5. The van der Waals surface area contributed by atoms with Gasteiger partial charge in [-0.25, -0.2) is 15.0 Å². The summed E-state index contributed by atoms with van der Waals surface area (Å²) < 4.78 is 46.0. The van der Waals surface area contributed by atoms with Gasteiger partial charge in [-0.05, 0) is 48.4 Å². The summed E-state index contributed by atoms with van der Waals surface area (Å²) in [6.07, 6.45) is -4.59.